The van der Waals surface area contributed by atoms with E-state index in [4.69, 9.17) is 0 Å². The molecule has 162 valence electrons. The molecular formula is C27H32N2OS. The second-order valence-electron chi connectivity index (χ2n) is 8.52. The van der Waals surface area contributed by atoms with Gasteiger partial charge in [0.1, 0.15) is 0 Å². The van der Waals surface area contributed by atoms with Crippen molar-refractivity contribution in [1.29, 1.82) is 0 Å². The van der Waals surface area contributed by atoms with Crippen molar-refractivity contribution in [1.82, 2.24) is 4.98 Å². The van der Waals surface area contributed by atoms with E-state index in [2.05, 4.69) is 27.8 Å². The van der Waals surface area contributed by atoms with Gasteiger partial charge in [0.25, 0.3) is 0 Å². The zero-order valence-corrected chi connectivity index (χ0v) is 19.0. The minimum Gasteiger partial charge on any atom is -0.324 e. The highest BCUT2D eigenvalue weighted by atomic mass is 32.1. The molecule has 4 rings (SSSR count). The molecule has 1 fully saturated rings. The number of nitrogens with zero attached hydrogens (tertiary/aromatic N) is 1. The number of amides is 1. The molecule has 0 unspecified atom stereocenters. The van der Waals surface area contributed by atoms with Gasteiger partial charge in [0, 0.05) is 11.5 Å². The van der Waals surface area contributed by atoms with E-state index >= 15 is 0 Å². The number of thiophene rings is 1. The molecule has 1 amide bonds. The average Bonchev–Trinajstić information content (AvgIpc) is 3.20. The zero-order valence-electron chi connectivity index (χ0n) is 18.2. The normalized spacial score (nSPS) is 20.8. The van der Waals surface area contributed by atoms with Gasteiger partial charge < -0.3 is 5.32 Å². The van der Waals surface area contributed by atoms with Crippen molar-refractivity contribution in [3.05, 3.63) is 65.7 Å². The number of anilines is 1. The summed E-state index contributed by atoms with van der Waals surface area (Å²) in [6.45, 7) is 0. The molecule has 31 heavy (non-hydrogen) atoms. The molecule has 3 nitrogen and oxygen atoms in total. The molecule has 0 radical (unpaired) electrons. The molecule has 0 spiro atoms. The monoisotopic (exact) mass is 432 g/mol. The van der Waals surface area contributed by atoms with Crippen LogP contribution in [0.15, 0.2) is 60.2 Å². The molecule has 1 saturated carbocycles. The van der Waals surface area contributed by atoms with E-state index in [1.54, 1.807) is 11.3 Å². The first-order chi connectivity index (χ1) is 15.3. The van der Waals surface area contributed by atoms with E-state index in [1.807, 2.05) is 42.6 Å². The highest BCUT2D eigenvalue weighted by Crippen LogP contribution is 2.36. The molecule has 2 aliphatic carbocycles. The van der Waals surface area contributed by atoms with Crippen LogP contribution in [0, 0.1) is 5.92 Å². The fraction of sp³-hybridized carbons (Fsp3) is 0.407. The number of fused-ring (bicyclic) bond motifs is 1. The minimum atomic E-state index is 0.0923. The number of carbonyl (C=O) groups excluding carboxylic acids is 1. The van der Waals surface area contributed by atoms with E-state index in [-0.39, 0.29) is 11.8 Å². The number of hydrogen-bond donors (Lipinski definition) is 1. The van der Waals surface area contributed by atoms with Crippen LogP contribution in [0.4, 0.5) is 5.69 Å². The van der Waals surface area contributed by atoms with Gasteiger partial charge in [-0.25, -0.2) is 0 Å². The predicted octanol–water partition coefficient (Wildman–Crippen LogP) is 7.83. The van der Waals surface area contributed by atoms with Gasteiger partial charge in [-0.3, -0.25) is 9.78 Å². The predicted molar refractivity (Wildman–Crippen MR) is 133 cm³/mol. The Morgan fingerprint density at radius 3 is 2.35 bits per heavy atom. The smallest absolute Gasteiger partial charge is 0.227 e. The highest BCUT2D eigenvalue weighted by Gasteiger charge is 2.21. The van der Waals surface area contributed by atoms with Crippen molar-refractivity contribution in [2.45, 2.75) is 64.2 Å². The quantitative estimate of drug-likeness (QED) is 0.537. The van der Waals surface area contributed by atoms with Crippen molar-refractivity contribution in [2.75, 3.05) is 5.32 Å². The molecule has 2 aromatic heterocycles. The third-order valence-electron chi connectivity index (χ3n) is 6.24. The SMILES string of the molecule is O=C(Nc1cnc2ccsc2c1C1=C/C=C\C=C/C=C1)C1CCCCCCCCCC1. The van der Waals surface area contributed by atoms with E-state index in [0.717, 1.165) is 52.7 Å². The molecule has 0 bridgehead atoms. The van der Waals surface area contributed by atoms with Gasteiger partial charge in [-0.15, -0.1) is 11.3 Å². The Kier molecular flexibility index (Phi) is 7.89. The topological polar surface area (TPSA) is 42.0 Å². The zero-order chi connectivity index (χ0) is 21.3. The second-order valence-corrected chi connectivity index (χ2v) is 9.44. The van der Waals surface area contributed by atoms with Crippen LogP contribution in [-0.4, -0.2) is 10.9 Å². The number of pyridine rings is 1. The van der Waals surface area contributed by atoms with Gasteiger partial charge >= 0.3 is 0 Å². The summed E-state index contributed by atoms with van der Waals surface area (Å²) < 4.78 is 1.12. The third-order valence-corrected chi connectivity index (χ3v) is 7.16. The number of aromatic nitrogens is 1. The molecule has 2 aliphatic rings. The molecular weight excluding hydrogens is 400 g/mol. The summed E-state index contributed by atoms with van der Waals surface area (Å²) in [5.41, 5.74) is 3.96. The number of allylic oxidation sites excluding steroid dienone is 8. The molecule has 0 aliphatic heterocycles. The first-order valence-electron chi connectivity index (χ1n) is 11.7. The van der Waals surface area contributed by atoms with Crippen LogP contribution >= 0.6 is 11.3 Å². The molecule has 2 aromatic rings. The first kappa shape index (κ1) is 21.8. The van der Waals surface area contributed by atoms with Crippen LogP contribution in [0.5, 0.6) is 0 Å². The van der Waals surface area contributed by atoms with Gasteiger partial charge in [0.15, 0.2) is 0 Å². The number of rotatable bonds is 3. The Morgan fingerprint density at radius 1 is 0.903 bits per heavy atom. The largest absolute Gasteiger partial charge is 0.324 e. The minimum absolute atomic E-state index is 0.0923. The van der Waals surface area contributed by atoms with Gasteiger partial charge in [-0.1, -0.05) is 93.9 Å². The van der Waals surface area contributed by atoms with Gasteiger partial charge in [0.2, 0.25) is 5.91 Å². The summed E-state index contributed by atoms with van der Waals surface area (Å²) in [5, 5.41) is 5.35. The summed E-state index contributed by atoms with van der Waals surface area (Å²) in [6.07, 6.45) is 28.3. The second kappa shape index (κ2) is 11.2. The maximum absolute atomic E-state index is 13.4. The average molecular weight is 433 g/mol. The number of carbonyl (C=O) groups is 1. The Bertz CT molecular complexity index is 999. The third kappa shape index (κ3) is 5.82. The van der Waals surface area contributed by atoms with Crippen LogP contribution in [-0.2, 0) is 4.79 Å². The van der Waals surface area contributed by atoms with Crippen molar-refractivity contribution in [3.8, 4) is 0 Å². The van der Waals surface area contributed by atoms with E-state index in [1.165, 1.54) is 38.5 Å². The van der Waals surface area contributed by atoms with Crippen LogP contribution in [0.2, 0.25) is 0 Å². The van der Waals surface area contributed by atoms with E-state index in [0.29, 0.717) is 0 Å². The molecule has 4 heteroatoms. The van der Waals surface area contributed by atoms with Gasteiger partial charge in [-0.05, 0) is 29.9 Å². The van der Waals surface area contributed by atoms with Crippen molar-refractivity contribution < 1.29 is 4.79 Å². The number of nitrogens with one attached hydrogen (secondary N) is 1. The molecule has 0 atom stereocenters. The van der Waals surface area contributed by atoms with Gasteiger partial charge in [-0.2, -0.15) is 0 Å². The lowest BCUT2D eigenvalue weighted by atomic mass is 9.94. The summed E-state index contributed by atoms with van der Waals surface area (Å²) in [7, 11) is 0. The maximum Gasteiger partial charge on any atom is 0.227 e. The van der Waals surface area contributed by atoms with Crippen LogP contribution in [0.1, 0.15) is 69.8 Å². The molecule has 2 heterocycles. The lowest BCUT2D eigenvalue weighted by Crippen LogP contribution is -2.23. The lowest BCUT2D eigenvalue weighted by Gasteiger charge is -2.19. The van der Waals surface area contributed by atoms with Crippen LogP contribution < -0.4 is 5.32 Å². The Hall–Kier alpha value is -2.46. The standard InChI is InChI=1S/C27H32N2OS/c30-27(22-16-12-6-3-1-2-4-7-13-17-22)29-24-20-28-23-18-19-31-26(23)25(24)21-14-10-8-5-9-11-15-21/h5,8-11,14-15,18-20,22H,1-4,6-7,12-13,16-17H2,(H,29,30)/b8-5-,9-5?,10-8?,11-9-,14-10?,15-11?,21-14?,21-15?. The van der Waals surface area contributed by atoms with Crippen LogP contribution in [0.25, 0.3) is 15.8 Å². The van der Waals surface area contributed by atoms with Crippen molar-refractivity contribution in [2.24, 2.45) is 5.92 Å². The van der Waals surface area contributed by atoms with Crippen molar-refractivity contribution in [3.63, 3.8) is 0 Å². The molecule has 1 N–H and O–H groups in total. The van der Waals surface area contributed by atoms with Crippen LogP contribution in [0.3, 0.4) is 0 Å². The molecule has 0 saturated heterocycles. The van der Waals surface area contributed by atoms with E-state index < -0.39 is 0 Å². The van der Waals surface area contributed by atoms with Gasteiger partial charge in [0.05, 0.1) is 22.1 Å². The summed E-state index contributed by atoms with van der Waals surface area (Å²) >= 11 is 1.68. The maximum atomic E-state index is 13.4. The Labute approximate surface area is 189 Å². The highest BCUT2D eigenvalue weighted by molar-refractivity contribution is 7.17. The summed E-state index contributed by atoms with van der Waals surface area (Å²) in [6, 6.07) is 2.04. The first-order valence-corrected chi connectivity index (χ1v) is 12.6. The summed E-state index contributed by atoms with van der Waals surface area (Å²) in [5.74, 6) is 0.249. The molecule has 0 aromatic carbocycles. The lowest BCUT2D eigenvalue weighted by molar-refractivity contribution is -0.120. The van der Waals surface area contributed by atoms with Crippen molar-refractivity contribution >= 4 is 38.7 Å². The number of hydrogen-bond acceptors (Lipinski definition) is 3. The van der Waals surface area contributed by atoms with E-state index in [9.17, 15) is 4.79 Å². The Morgan fingerprint density at radius 2 is 1.58 bits per heavy atom. The summed E-state index contributed by atoms with van der Waals surface area (Å²) in [4.78, 5) is 18.0. The fourth-order valence-corrected chi connectivity index (χ4v) is 5.43. The fourth-order valence-electron chi connectivity index (χ4n) is 4.51. The Balaban J connectivity index is 1.60.